The summed E-state index contributed by atoms with van der Waals surface area (Å²) in [5, 5.41) is 8.59. The number of aryl methyl sites for hydroxylation is 1. The molecule has 0 aliphatic rings. The molecule has 0 fully saturated rings. The first-order valence-electron chi connectivity index (χ1n) is 3.37. The van der Waals surface area contributed by atoms with Gasteiger partial charge in [-0.15, -0.1) is 0 Å². The number of rotatable bonds is 2. The molecular formula is C8H8O4. The molecule has 1 heterocycles. The third-order valence-corrected chi connectivity index (χ3v) is 1.50. The average molecular weight is 168 g/mol. The highest BCUT2D eigenvalue weighted by atomic mass is 16.4. The molecule has 64 valence electrons. The summed E-state index contributed by atoms with van der Waals surface area (Å²) in [7, 11) is 0. The summed E-state index contributed by atoms with van der Waals surface area (Å²) in [5.41, 5.74) is 0.0419. The quantitative estimate of drug-likeness (QED) is 0.679. The Morgan fingerprint density at radius 1 is 1.50 bits per heavy atom. The second kappa shape index (κ2) is 2.81. The molecule has 0 radical (unpaired) electrons. The Hall–Kier alpha value is -1.58. The van der Waals surface area contributed by atoms with Crippen molar-refractivity contribution in [3.8, 4) is 0 Å². The number of carbonyl (C=O) groups excluding carboxylic acids is 1. The Balaban J connectivity index is 3.17. The van der Waals surface area contributed by atoms with Gasteiger partial charge in [0.1, 0.15) is 11.3 Å². The van der Waals surface area contributed by atoms with Crippen LogP contribution in [0.25, 0.3) is 0 Å². The number of hydrogen-bond acceptors (Lipinski definition) is 3. The molecule has 4 heteroatoms. The monoisotopic (exact) mass is 168 g/mol. The van der Waals surface area contributed by atoms with Gasteiger partial charge >= 0.3 is 5.97 Å². The summed E-state index contributed by atoms with van der Waals surface area (Å²) >= 11 is 0. The van der Waals surface area contributed by atoms with Crippen LogP contribution in [0.4, 0.5) is 0 Å². The van der Waals surface area contributed by atoms with E-state index in [9.17, 15) is 9.59 Å². The van der Waals surface area contributed by atoms with Crippen LogP contribution in [0.3, 0.4) is 0 Å². The van der Waals surface area contributed by atoms with E-state index in [0.29, 0.717) is 0 Å². The maximum Gasteiger partial charge on any atom is 0.339 e. The van der Waals surface area contributed by atoms with E-state index in [4.69, 9.17) is 9.52 Å². The minimum atomic E-state index is -1.08. The fourth-order valence-corrected chi connectivity index (χ4v) is 0.868. The lowest BCUT2D eigenvalue weighted by Gasteiger charge is -1.85. The molecule has 0 spiro atoms. The molecule has 0 atom stereocenters. The van der Waals surface area contributed by atoms with Crippen molar-refractivity contribution in [2.75, 3.05) is 0 Å². The van der Waals surface area contributed by atoms with Gasteiger partial charge in [-0.25, -0.2) is 4.79 Å². The zero-order chi connectivity index (χ0) is 9.30. The van der Waals surface area contributed by atoms with Crippen LogP contribution in [0.2, 0.25) is 0 Å². The van der Waals surface area contributed by atoms with Gasteiger partial charge in [-0.1, -0.05) is 0 Å². The molecular weight excluding hydrogens is 160 g/mol. The molecule has 0 aliphatic heterocycles. The van der Waals surface area contributed by atoms with Crippen LogP contribution >= 0.6 is 0 Å². The normalized spacial score (nSPS) is 9.83. The van der Waals surface area contributed by atoms with E-state index < -0.39 is 5.97 Å². The summed E-state index contributed by atoms with van der Waals surface area (Å²) in [5.74, 6) is -1.01. The van der Waals surface area contributed by atoms with Crippen LogP contribution in [-0.4, -0.2) is 16.9 Å². The van der Waals surface area contributed by atoms with Gasteiger partial charge in [0.15, 0.2) is 11.5 Å². The zero-order valence-corrected chi connectivity index (χ0v) is 6.75. The first-order chi connectivity index (χ1) is 5.52. The van der Waals surface area contributed by atoms with E-state index in [1.165, 1.54) is 19.9 Å². The zero-order valence-electron chi connectivity index (χ0n) is 6.75. The molecule has 4 nitrogen and oxygen atoms in total. The highest BCUT2D eigenvalue weighted by molar-refractivity contribution is 5.96. The lowest BCUT2D eigenvalue weighted by atomic mass is 10.2. The summed E-state index contributed by atoms with van der Waals surface area (Å²) in [6.07, 6.45) is 0. The van der Waals surface area contributed by atoms with Gasteiger partial charge in [0.25, 0.3) is 0 Å². The van der Waals surface area contributed by atoms with Gasteiger partial charge in [0.05, 0.1) is 0 Å². The topological polar surface area (TPSA) is 67.5 Å². The van der Waals surface area contributed by atoms with Gasteiger partial charge in [-0.05, 0) is 6.92 Å². The molecule has 1 N–H and O–H groups in total. The van der Waals surface area contributed by atoms with E-state index in [0.717, 1.165) is 0 Å². The molecule has 12 heavy (non-hydrogen) atoms. The van der Waals surface area contributed by atoms with Crippen molar-refractivity contribution in [1.29, 1.82) is 0 Å². The Morgan fingerprint density at radius 3 is 2.33 bits per heavy atom. The molecule has 0 aliphatic carbocycles. The Morgan fingerprint density at radius 2 is 2.08 bits per heavy atom. The van der Waals surface area contributed by atoms with E-state index >= 15 is 0 Å². The summed E-state index contributed by atoms with van der Waals surface area (Å²) < 4.78 is 4.91. The fourth-order valence-electron chi connectivity index (χ4n) is 0.868. The number of ketones is 1. The fraction of sp³-hybridized carbons (Fsp3) is 0.250. The number of furan rings is 1. The predicted octanol–water partition coefficient (Wildman–Crippen LogP) is 1.49. The Bertz CT molecular complexity index is 335. The van der Waals surface area contributed by atoms with E-state index in [1.807, 2.05) is 0 Å². The van der Waals surface area contributed by atoms with Gasteiger partial charge in [-0.2, -0.15) is 0 Å². The van der Waals surface area contributed by atoms with Gasteiger partial charge in [-0.3, -0.25) is 4.79 Å². The maximum absolute atomic E-state index is 10.7. The average Bonchev–Trinajstić information content (AvgIpc) is 2.30. The van der Waals surface area contributed by atoms with Crippen molar-refractivity contribution in [2.24, 2.45) is 0 Å². The molecule has 0 saturated heterocycles. The van der Waals surface area contributed by atoms with Crippen LogP contribution in [0.5, 0.6) is 0 Å². The van der Waals surface area contributed by atoms with Crippen molar-refractivity contribution in [1.82, 2.24) is 0 Å². The van der Waals surface area contributed by atoms with E-state index in [1.54, 1.807) is 0 Å². The van der Waals surface area contributed by atoms with E-state index in [-0.39, 0.29) is 22.9 Å². The second-order valence-corrected chi connectivity index (χ2v) is 2.44. The van der Waals surface area contributed by atoms with E-state index in [2.05, 4.69) is 0 Å². The molecule has 1 aromatic heterocycles. The minimum absolute atomic E-state index is 0.0419. The third-order valence-electron chi connectivity index (χ3n) is 1.50. The van der Waals surface area contributed by atoms with Crippen molar-refractivity contribution < 1.29 is 19.1 Å². The molecule has 0 saturated carbocycles. The van der Waals surface area contributed by atoms with Gasteiger partial charge in [0, 0.05) is 13.0 Å². The molecule has 0 unspecified atom stereocenters. The summed E-state index contributed by atoms with van der Waals surface area (Å²) in [6, 6.07) is 1.24. The molecule has 1 rings (SSSR count). The van der Waals surface area contributed by atoms with Gasteiger partial charge in [0.2, 0.25) is 0 Å². The second-order valence-electron chi connectivity index (χ2n) is 2.44. The third kappa shape index (κ3) is 1.37. The van der Waals surface area contributed by atoms with Crippen LogP contribution in [0.15, 0.2) is 10.5 Å². The molecule has 1 aromatic rings. The summed E-state index contributed by atoms with van der Waals surface area (Å²) in [6.45, 7) is 2.83. The van der Waals surface area contributed by atoms with Crippen LogP contribution in [0.1, 0.15) is 33.6 Å². The predicted molar refractivity (Wildman–Crippen MR) is 40.4 cm³/mol. The smallest absolute Gasteiger partial charge is 0.339 e. The summed E-state index contributed by atoms with van der Waals surface area (Å²) in [4.78, 5) is 21.2. The highest BCUT2D eigenvalue weighted by Gasteiger charge is 2.15. The van der Waals surface area contributed by atoms with Crippen LogP contribution in [0, 0.1) is 6.92 Å². The van der Waals surface area contributed by atoms with Crippen molar-refractivity contribution in [3.63, 3.8) is 0 Å². The first-order valence-corrected chi connectivity index (χ1v) is 3.37. The highest BCUT2D eigenvalue weighted by Crippen LogP contribution is 2.14. The number of carboxylic acid groups (broad SMARTS) is 1. The lowest BCUT2D eigenvalue weighted by Crippen LogP contribution is -1.95. The lowest BCUT2D eigenvalue weighted by molar-refractivity contribution is 0.0694. The number of Topliss-reactive ketones (excluding diaryl/α,β-unsaturated/α-hetero) is 1. The maximum atomic E-state index is 10.7. The van der Waals surface area contributed by atoms with Gasteiger partial charge < -0.3 is 9.52 Å². The first kappa shape index (κ1) is 8.52. The standard InChI is InChI=1S/C8H8O4/c1-4(9)7-3-6(8(10)11)5(2)12-7/h3H,1-2H3,(H,10,11). The van der Waals surface area contributed by atoms with Crippen molar-refractivity contribution in [3.05, 3.63) is 23.2 Å². The van der Waals surface area contributed by atoms with Crippen molar-refractivity contribution >= 4 is 11.8 Å². The molecule has 0 bridgehead atoms. The van der Waals surface area contributed by atoms with Crippen LogP contribution in [-0.2, 0) is 0 Å². The largest absolute Gasteiger partial charge is 0.478 e. The van der Waals surface area contributed by atoms with Crippen LogP contribution < -0.4 is 0 Å². The minimum Gasteiger partial charge on any atom is -0.478 e. The number of hydrogen-bond donors (Lipinski definition) is 1. The number of carboxylic acids is 1. The Labute approximate surface area is 68.8 Å². The number of carbonyl (C=O) groups is 2. The number of aromatic carboxylic acids is 1. The SMILES string of the molecule is CC(=O)c1cc(C(=O)O)c(C)o1. The van der Waals surface area contributed by atoms with Crippen molar-refractivity contribution in [2.45, 2.75) is 13.8 Å². The molecule has 0 amide bonds. The Kier molecular flexibility index (Phi) is 1.99. The molecule has 0 aromatic carbocycles.